The number of carbonyl (C=O) groups is 1. The van der Waals surface area contributed by atoms with Gasteiger partial charge in [0.1, 0.15) is 5.75 Å². The van der Waals surface area contributed by atoms with E-state index in [-0.39, 0.29) is 22.6 Å². The quantitative estimate of drug-likeness (QED) is 0.235. The van der Waals surface area contributed by atoms with Crippen molar-refractivity contribution in [3.8, 4) is 16.9 Å². The van der Waals surface area contributed by atoms with Gasteiger partial charge in [-0.15, -0.1) is 15.7 Å². The van der Waals surface area contributed by atoms with Crippen molar-refractivity contribution in [1.82, 2.24) is 4.98 Å². The normalized spacial score (nSPS) is 13.6. The minimum absolute atomic E-state index is 0.0171. The van der Waals surface area contributed by atoms with Gasteiger partial charge in [0, 0.05) is 6.20 Å². The Bertz CT molecular complexity index is 1660. The van der Waals surface area contributed by atoms with Crippen LogP contribution in [-0.2, 0) is 26.7 Å². The number of ether oxygens (including phenoxy) is 1. The topological polar surface area (TPSA) is 115 Å². The molecule has 1 amide bonds. The number of hydrogen-bond donors (Lipinski definition) is 2. The zero-order valence-corrected chi connectivity index (χ0v) is 25.7. The van der Waals surface area contributed by atoms with Crippen molar-refractivity contribution < 1.29 is 18.8 Å². The molecule has 0 radical (unpaired) electrons. The van der Waals surface area contributed by atoms with Crippen LogP contribution in [0.2, 0.25) is 0 Å². The number of aliphatic hydroxyl groups is 1. The van der Waals surface area contributed by atoms with Crippen molar-refractivity contribution in [3.63, 3.8) is 0 Å². The number of hydrogen-bond acceptors (Lipinski definition) is 6. The van der Waals surface area contributed by atoms with Gasteiger partial charge in [-0.05, 0) is 82.5 Å². The van der Waals surface area contributed by atoms with E-state index in [0.717, 1.165) is 55.7 Å². The molecule has 1 aromatic heterocycles. The highest BCUT2D eigenvalue weighted by Crippen LogP contribution is 2.36. The maximum atomic E-state index is 13.2. The second-order valence-electron chi connectivity index (χ2n) is 11.2. The Kier molecular flexibility index (Phi) is 8.52. The Labute approximate surface area is 240 Å². The fraction of sp³-hybridized carbons (Fsp3) is 0.355. The SMILES string of the molecule is COc1ccc2cc(-c3cc(C(C)C)c(CC(=O)N=S(N)(=O)c4ncc(C(C)(C)O)s4)c(C(C)C)c3)ccc2c1. The minimum atomic E-state index is -3.55. The molecule has 212 valence electrons. The molecule has 7 nitrogen and oxygen atoms in total. The fourth-order valence-electron chi connectivity index (χ4n) is 4.70. The van der Waals surface area contributed by atoms with E-state index in [1.807, 2.05) is 12.1 Å². The highest BCUT2D eigenvalue weighted by Gasteiger charge is 2.24. The van der Waals surface area contributed by atoms with Crippen molar-refractivity contribution in [1.29, 1.82) is 0 Å². The standard InChI is InChI=1S/C31H37N3O4S2/c1-18(2)25-14-23(21-8-9-22-13-24(38-7)11-10-20(22)12-21)15-26(19(3)4)27(25)16-29(35)34-40(32,37)30-33-17-28(39-30)31(5,6)36/h8-15,17-19,36H,16H2,1-7H3,(H2,32,34,35,37). The summed E-state index contributed by atoms with van der Waals surface area (Å²) in [6, 6.07) is 16.7. The number of methoxy groups -OCH3 is 1. The fourth-order valence-corrected chi connectivity index (χ4v) is 6.86. The first-order chi connectivity index (χ1) is 18.7. The number of carbonyl (C=O) groups excluding carboxylic acids is 1. The van der Waals surface area contributed by atoms with E-state index in [4.69, 9.17) is 9.88 Å². The molecule has 0 aliphatic carbocycles. The Morgan fingerprint density at radius 3 is 2.17 bits per heavy atom. The molecule has 0 aliphatic heterocycles. The van der Waals surface area contributed by atoms with E-state index >= 15 is 0 Å². The third-order valence-corrected chi connectivity index (χ3v) is 10.00. The molecule has 0 fully saturated rings. The molecule has 0 bridgehead atoms. The molecule has 0 saturated carbocycles. The summed E-state index contributed by atoms with van der Waals surface area (Å²) in [6.07, 6.45) is 1.40. The van der Waals surface area contributed by atoms with Crippen LogP contribution in [0.25, 0.3) is 21.9 Å². The molecule has 40 heavy (non-hydrogen) atoms. The summed E-state index contributed by atoms with van der Waals surface area (Å²) in [5.41, 5.74) is 3.97. The molecule has 0 saturated heterocycles. The van der Waals surface area contributed by atoms with Gasteiger partial charge in [-0.25, -0.2) is 14.3 Å². The second-order valence-corrected chi connectivity index (χ2v) is 14.1. The molecule has 0 spiro atoms. The van der Waals surface area contributed by atoms with Crippen LogP contribution in [0.5, 0.6) is 5.75 Å². The third kappa shape index (κ3) is 6.44. The summed E-state index contributed by atoms with van der Waals surface area (Å²) < 4.78 is 22.5. The van der Waals surface area contributed by atoms with E-state index in [9.17, 15) is 14.1 Å². The lowest BCUT2D eigenvalue weighted by atomic mass is 9.83. The van der Waals surface area contributed by atoms with Crippen molar-refractivity contribution in [2.75, 3.05) is 7.11 Å². The summed E-state index contributed by atoms with van der Waals surface area (Å²) in [6.45, 7) is 11.6. The Balaban J connectivity index is 1.74. The van der Waals surface area contributed by atoms with E-state index in [2.05, 4.69) is 73.4 Å². The van der Waals surface area contributed by atoms with Crippen LogP contribution in [0.4, 0.5) is 0 Å². The van der Waals surface area contributed by atoms with Crippen LogP contribution in [0, 0.1) is 0 Å². The molecule has 4 rings (SSSR count). The number of nitrogens with two attached hydrogens (primary N) is 1. The summed E-state index contributed by atoms with van der Waals surface area (Å²) in [5.74, 6) is 0.530. The number of amides is 1. The molecule has 0 aliphatic rings. The van der Waals surface area contributed by atoms with E-state index in [1.54, 1.807) is 21.0 Å². The van der Waals surface area contributed by atoms with Crippen LogP contribution >= 0.6 is 11.3 Å². The molecule has 3 N–H and O–H groups in total. The summed E-state index contributed by atoms with van der Waals surface area (Å²) >= 11 is 0.999. The van der Waals surface area contributed by atoms with Gasteiger partial charge < -0.3 is 9.84 Å². The molecular formula is C31H37N3O4S2. The first-order valence-corrected chi connectivity index (χ1v) is 15.6. The average Bonchev–Trinajstić information content (AvgIpc) is 3.40. The highest BCUT2D eigenvalue weighted by atomic mass is 32.2. The average molecular weight is 580 g/mol. The molecule has 9 heteroatoms. The Hall–Kier alpha value is -3.11. The van der Waals surface area contributed by atoms with E-state index in [0.29, 0.717) is 4.88 Å². The number of benzene rings is 3. The highest BCUT2D eigenvalue weighted by molar-refractivity contribution is 7.93. The van der Waals surface area contributed by atoms with E-state index < -0.39 is 21.4 Å². The predicted molar refractivity (Wildman–Crippen MR) is 163 cm³/mol. The Morgan fingerprint density at radius 1 is 1.02 bits per heavy atom. The van der Waals surface area contributed by atoms with Gasteiger partial charge in [-0.2, -0.15) is 0 Å². The smallest absolute Gasteiger partial charge is 0.259 e. The summed E-state index contributed by atoms with van der Waals surface area (Å²) in [5, 5.41) is 18.4. The lowest BCUT2D eigenvalue weighted by Gasteiger charge is -2.21. The Morgan fingerprint density at radius 2 is 1.62 bits per heavy atom. The molecule has 1 unspecified atom stereocenters. The van der Waals surface area contributed by atoms with Gasteiger partial charge in [0.25, 0.3) is 5.91 Å². The van der Waals surface area contributed by atoms with Crippen LogP contribution < -0.4 is 9.88 Å². The van der Waals surface area contributed by atoms with Gasteiger partial charge in [0.2, 0.25) is 4.34 Å². The zero-order chi connectivity index (χ0) is 29.4. The van der Waals surface area contributed by atoms with Gasteiger partial charge in [-0.1, -0.05) is 58.0 Å². The molecule has 1 heterocycles. The largest absolute Gasteiger partial charge is 0.497 e. The molecular weight excluding hydrogens is 542 g/mol. The van der Waals surface area contributed by atoms with Crippen LogP contribution in [-0.4, -0.2) is 27.3 Å². The lowest BCUT2D eigenvalue weighted by molar-refractivity contribution is -0.117. The van der Waals surface area contributed by atoms with Crippen LogP contribution in [0.15, 0.2) is 63.4 Å². The van der Waals surface area contributed by atoms with Crippen LogP contribution in [0.3, 0.4) is 0 Å². The van der Waals surface area contributed by atoms with Gasteiger partial charge in [-0.3, -0.25) is 4.79 Å². The monoisotopic (exact) mass is 579 g/mol. The number of thiazole rings is 1. The number of nitrogens with zero attached hydrogens (tertiary/aromatic N) is 2. The van der Waals surface area contributed by atoms with Crippen molar-refractivity contribution in [3.05, 3.63) is 76.3 Å². The summed E-state index contributed by atoms with van der Waals surface area (Å²) in [4.78, 5) is 17.8. The van der Waals surface area contributed by atoms with Crippen molar-refractivity contribution in [2.24, 2.45) is 9.50 Å². The lowest BCUT2D eigenvalue weighted by Crippen LogP contribution is -2.17. The maximum absolute atomic E-state index is 13.2. The molecule has 3 aromatic carbocycles. The molecule has 1 atom stereocenters. The second kappa shape index (κ2) is 11.4. The van der Waals surface area contributed by atoms with Gasteiger partial charge in [0.05, 0.1) is 24.0 Å². The number of rotatable bonds is 8. The van der Waals surface area contributed by atoms with Crippen molar-refractivity contribution >= 4 is 37.9 Å². The number of aromatic nitrogens is 1. The zero-order valence-electron chi connectivity index (χ0n) is 24.0. The van der Waals surface area contributed by atoms with E-state index in [1.165, 1.54) is 6.20 Å². The van der Waals surface area contributed by atoms with Crippen molar-refractivity contribution in [2.45, 2.75) is 69.7 Å². The summed E-state index contributed by atoms with van der Waals surface area (Å²) in [7, 11) is -1.89. The first-order valence-electron chi connectivity index (χ1n) is 13.2. The van der Waals surface area contributed by atoms with Crippen LogP contribution in [0.1, 0.15) is 74.9 Å². The van der Waals surface area contributed by atoms with Gasteiger partial charge >= 0.3 is 0 Å². The first kappa shape index (κ1) is 29.9. The maximum Gasteiger partial charge on any atom is 0.259 e. The minimum Gasteiger partial charge on any atom is -0.497 e. The predicted octanol–water partition coefficient (Wildman–Crippen LogP) is 6.92. The molecule has 4 aromatic rings. The number of fused-ring (bicyclic) bond motifs is 1. The third-order valence-electron chi connectivity index (χ3n) is 6.85. The van der Waals surface area contributed by atoms with Gasteiger partial charge in [0.15, 0.2) is 9.92 Å².